The van der Waals surface area contributed by atoms with Gasteiger partial charge in [-0.1, -0.05) is 19.1 Å². The standard InChI is InChI=1S/C27H31N5O3S/c1-18-12-14-31(15-13-18)27-11-9-25(28-29-27)21-4-6-23(7-5-21)30-36(34,35)24-8-10-26-22(17-24)16-19(2)32(26)20(3)33/h4-11,17-19,30H,12-16H2,1-3H3. The van der Waals surface area contributed by atoms with Crippen molar-refractivity contribution >= 4 is 33.1 Å². The van der Waals surface area contributed by atoms with E-state index in [2.05, 4.69) is 26.7 Å². The van der Waals surface area contributed by atoms with Gasteiger partial charge in [0.15, 0.2) is 5.82 Å². The van der Waals surface area contributed by atoms with Crippen LogP contribution in [-0.4, -0.2) is 43.7 Å². The number of hydrogen-bond acceptors (Lipinski definition) is 6. The Labute approximate surface area is 212 Å². The number of piperidine rings is 1. The van der Waals surface area contributed by atoms with E-state index in [1.807, 2.05) is 31.2 Å². The molecule has 3 heterocycles. The van der Waals surface area contributed by atoms with Crippen LogP contribution in [0.5, 0.6) is 0 Å². The fourth-order valence-corrected chi connectivity index (χ4v) is 6.17. The van der Waals surface area contributed by atoms with E-state index in [-0.39, 0.29) is 16.8 Å². The van der Waals surface area contributed by atoms with Crippen LogP contribution in [-0.2, 0) is 21.2 Å². The van der Waals surface area contributed by atoms with Crippen LogP contribution in [0.4, 0.5) is 17.2 Å². The highest BCUT2D eigenvalue weighted by Gasteiger charge is 2.30. The van der Waals surface area contributed by atoms with E-state index in [1.165, 1.54) is 19.8 Å². The first kappa shape index (κ1) is 24.2. The Morgan fingerprint density at radius 3 is 2.33 bits per heavy atom. The molecule has 2 aliphatic rings. The molecule has 0 saturated carbocycles. The van der Waals surface area contributed by atoms with Crippen LogP contribution >= 0.6 is 0 Å². The number of sulfonamides is 1. The lowest BCUT2D eigenvalue weighted by Gasteiger charge is -2.30. The van der Waals surface area contributed by atoms with Gasteiger partial charge >= 0.3 is 0 Å². The highest BCUT2D eigenvalue weighted by atomic mass is 32.2. The molecule has 1 N–H and O–H groups in total. The Balaban J connectivity index is 1.28. The molecule has 36 heavy (non-hydrogen) atoms. The number of aromatic nitrogens is 2. The van der Waals surface area contributed by atoms with Gasteiger partial charge in [0.25, 0.3) is 10.0 Å². The predicted octanol–water partition coefficient (Wildman–Crippen LogP) is 4.48. The molecule has 1 atom stereocenters. The number of carbonyl (C=O) groups excluding carboxylic acids is 1. The smallest absolute Gasteiger partial charge is 0.261 e. The second-order valence-electron chi connectivity index (χ2n) is 9.86. The average molecular weight is 506 g/mol. The third-order valence-corrected chi connectivity index (χ3v) is 8.49. The third kappa shape index (κ3) is 4.80. The van der Waals surface area contributed by atoms with Crippen LogP contribution in [0.3, 0.4) is 0 Å². The maximum Gasteiger partial charge on any atom is 0.261 e. The fraction of sp³-hybridized carbons (Fsp3) is 0.370. The molecule has 0 spiro atoms. The van der Waals surface area contributed by atoms with Crippen LogP contribution in [0.15, 0.2) is 59.5 Å². The molecule has 1 aromatic heterocycles. The summed E-state index contributed by atoms with van der Waals surface area (Å²) in [4.78, 5) is 16.1. The molecule has 9 heteroatoms. The monoisotopic (exact) mass is 505 g/mol. The first-order valence-electron chi connectivity index (χ1n) is 12.4. The van der Waals surface area contributed by atoms with Gasteiger partial charge in [-0.25, -0.2) is 8.42 Å². The van der Waals surface area contributed by atoms with Crippen LogP contribution in [0.1, 0.15) is 39.2 Å². The number of hydrogen-bond donors (Lipinski definition) is 1. The van der Waals surface area contributed by atoms with E-state index in [1.54, 1.807) is 35.2 Å². The fourth-order valence-electron chi connectivity index (χ4n) is 5.06. The van der Waals surface area contributed by atoms with Gasteiger partial charge in [-0.3, -0.25) is 9.52 Å². The highest BCUT2D eigenvalue weighted by molar-refractivity contribution is 7.92. The van der Waals surface area contributed by atoms with Crippen LogP contribution in [0, 0.1) is 5.92 Å². The first-order valence-corrected chi connectivity index (χ1v) is 13.8. The molecule has 3 aromatic rings. The van der Waals surface area contributed by atoms with Gasteiger partial charge in [0.05, 0.1) is 10.6 Å². The number of carbonyl (C=O) groups is 1. The minimum atomic E-state index is -3.78. The minimum Gasteiger partial charge on any atom is -0.355 e. The second-order valence-corrected chi connectivity index (χ2v) is 11.5. The molecule has 0 bridgehead atoms. The molecule has 1 fully saturated rings. The van der Waals surface area contributed by atoms with Gasteiger partial charge in [-0.2, -0.15) is 0 Å². The SMILES string of the molecule is CC(=O)N1c2ccc(S(=O)(=O)Nc3ccc(-c4ccc(N5CCC(C)CC5)nn4)cc3)cc2CC1C. The zero-order chi connectivity index (χ0) is 25.4. The lowest BCUT2D eigenvalue weighted by atomic mass is 9.99. The molecular weight excluding hydrogens is 474 g/mol. The van der Waals surface area contributed by atoms with Crippen molar-refractivity contribution in [2.24, 2.45) is 5.92 Å². The van der Waals surface area contributed by atoms with Crippen LogP contribution in [0.25, 0.3) is 11.3 Å². The van der Waals surface area contributed by atoms with Crippen molar-refractivity contribution in [3.63, 3.8) is 0 Å². The molecule has 188 valence electrons. The van der Waals surface area contributed by atoms with Gasteiger partial charge in [-0.15, -0.1) is 10.2 Å². The van der Waals surface area contributed by atoms with Gasteiger partial charge < -0.3 is 9.80 Å². The van der Waals surface area contributed by atoms with Crippen molar-refractivity contribution in [1.29, 1.82) is 0 Å². The molecule has 0 aliphatic carbocycles. The summed E-state index contributed by atoms with van der Waals surface area (Å²) in [6.07, 6.45) is 2.97. The lowest BCUT2D eigenvalue weighted by molar-refractivity contribution is -0.116. The van der Waals surface area contributed by atoms with Crippen molar-refractivity contribution in [2.45, 2.75) is 51.0 Å². The molecule has 8 nitrogen and oxygen atoms in total. The summed E-state index contributed by atoms with van der Waals surface area (Å²) < 4.78 is 28.7. The summed E-state index contributed by atoms with van der Waals surface area (Å²) in [6.45, 7) is 7.77. The van der Waals surface area contributed by atoms with Crippen molar-refractivity contribution in [1.82, 2.24) is 10.2 Å². The van der Waals surface area contributed by atoms with Crippen molar-refractivity contribution in [3.05, 3.63) is 60.2 Å². The Morgan fingerprint density at radius 2 is 1.69 bits per heavy atom. The van der Waals surface area contributed by atoms with E-state index < -0.39 is 10.0 Å². The molecule has 1 amide bonds. The number of amides is 1. The Bertz CT molecular complexity index is 1370. The van der Waals surface area contributed by atoms with Crippen molar-refractivity contribution < 1.29 is 13.2 Å². The number of rotatable bonds is 5. The number of anilines is 3. The summed E-state index contributed by atoms with van der Waals surface area (Å²) in [5.74, 6) is 1.61. The minimum absolute atomic E-state index is 0.0108. The number of benzene rings is 2. The Hall–Kier alpha value is -3.46. The molecule has 2 aliphatic heterocycles. The van der Waals surface area contributed by atoms with E-state index in [9.17, 15) is 13.2 Å². The Kier molecular flexibility index (Phi) is 6.42. The quantitative estimate of drug-likeness (QED) is 0.549. The van der Waals surface area contributed by atoms with Gasteiger partial charge in [-0.05, 0) is 80.1 Å². The van der Waals surface area contributed by atoms with E-state index in [4.69, 9.17) is 0 Å². The number of fused-ring (bicyclic) bond motifs is 1. The molecule has 0 radical (unpaired) electrons. The zero-order valence-electron chi connectivity index (χ0n) is 20.8. The number of nitrogens with zero attached hydrogens (tertiary/aromatic N) is 4. The molecule has 2 aromatic carbocycles. The lowest BCUT2D eigenvalue weighted by Crippen LogP contribution is -2.33. The van der Waals surface area contributed by atoms with Gasteiger partial charge in [0.2, 0.25) is 5.91 Å². The number of nitrogens with one attached hydrogen (secondary N) is 1. The Morgan fingerprint density at radius 1 is 0.972 bits per heavy atom. The van der Waals surface area contributed by atoms with E-state index in [0.29, 0.717) is 12.1 Å². The first-order chi connectivity index (χ1) is 17.2. The molecule has 5 rings (SSSR count). The summed E-state index contributed by atoms with van der Waals surface area (Å²) in [5, 5.41) is 8.81. The van der Waals surface area contributed by atoms with E-state index >= 15 is 0 Å². The summed E-state index contributed by atoms with van der Waals surface area (Å²) in [7, 11) is -3.78. The van der Waals surface area contributed by atoms with Crippen LogP contribution in [0.2, 0.25) is 0 Å². The van der Waals surface area contributed by atoms with Crippen molar-refractivity contribution in [3.8, 4) is 11.3 Å². The van der Waals surface area contributed by atoms with Crippen molar-refractivity contribution in [2.75, 3.05) is 27.6 Å². The normalized spacial score (nSPS) is 18.2. The largest absolute Gasteiger partial charge is 0.355 e. The molecule has 1 saturated heterocycles. The maximum absolute atomic E-state index is 13.0. The van der Waals surface area contributed by atoms with Gasteiger partial charge in [0, 0.05) is 43.0 Å². The second kappa shape index (κ2) is 9.54. The summed E-state index contributed by atoms with van der Waals surface area (Å²) >= 11 is 0. The third-order valence-electron chi connectivity index (χ3n) is 7.11. The highest BCUT2D eigenvalue weighted by Crippen LogP contribution is 2.34. The zero-order valence-corrected chi connectivity index (χ0v) is 21.6. The summed E-state index contributed by atoms with van der Waals surface area (Å²) in [6, 6.07) is 16.0. The van der Waals surface area contributed by atoms with Gasteiger partial charge in [0.1, 0.15) is 0 Å². The van der Waals surface area contributed by atoms with Crippen LogP contribution < -0.4 is 14.5 Å². The molecular formula is C27H31N5O3S. The predicted molar refractivity (Wildman–Crippen MR) is 142 cm³/mol. The average Bonchev–Trinajstić information content (AvgIpc) is 3.20. The van der Waals surface area contributed by atoms with E-state index in [0.717, 1.165) is 47.3 Å². The summed E-state index contributed by atoms with van der Waals surface area (Å²) in [5.41, 5.74) is 3.70. The topological polar surface area (TPSA) is 95.5 Å². The maximum atomic E-state index is 13.0. The molecule has 1 unspecified atom stereocenters.